The van der Waals surface area contributed by atoms with E-state index in [1.165, 1.54) is 16.9 Å². The van der Waals surface area contributed by atoms with Crippen LogP contribution in [-0.4, -0.2) is 17.6 Å². The van der Waals surface area contributed by atoms with E-state index in [4.69, 9.17) is 15.5 Å². The van der Waals surface area contributed by atoms with Crippen molar-refractivity contribution in [3.8, 4) is 22.4 Å². The Kier molecular flexibility index (Phi) is 4.84. The number of nitrogens with zero attached hydrogens (tertiary/aromatic N) is 1. The molecule has 140 valence electrons. The van der Waals surface area contributed by atoms with Gasteiger partial charge >= 0.3 is 5.97 Å². The third kappa shape index (κ3) is 3.25. The number of carbonyl (C=O) groups excluding carboxylic acids is 1. The average Bonchev–Trinajstić information content (AvgIpc) is 3.05. The fraction of sp³-hybridized carbons (Fsp3) is 0.130. The first-order valence-electron chi connectivity index (χ1n) is 9.11. The molecule has 0 fully saturated rings. The van der Waals surface area contributed by atoms with E-state index in [-0.39, 0.29) is 0 Å². The summed E-state index contributed by atoms with van der Waals surface area (Å²) in [6.45, 7) is 4.14. The van der Waals surface area contributed by atoms with Gasteiger partial charge in [0, 0.05) is 10.9 Å². The average molecular weight is 388 g/mol. The molecule has 4 rings (SSSR count). The molecule has 28 heavy (non-hydrogen) atoms. The fourth-order valence-electron chi connectivity index (χ4n) is 3.19. The molecule has 0 aliphatic rings. The van der Waals surface area contributed by atoms with Crippen LogP contribution in [0.25, 0.3) is 32.6 Å². The number of carbonyl (C=O) groups is 1. The molecule has 0 amide bonds. The molecule has 4 aromatic rings. The fourth-order valence-corrected chi connectivity index (χ4v) is 4.20. The van der Waals surface area contributed by atoms with Crippen LogP contribution in [-0.2, 0) is 4.74 Å². The molecule has 0 unspecified atom stereocenters. The molecule has 2 aromatic carbocycles. The molecule has 2 aromatic heterocycles. The molecule has 0 aliphatic carbocycles. The lowest BCUT2D eigenvalue weighted by atomic mass is 9.99. The maximum atomic E-state index is 12.4. The van der Waals surface area contributed by atoms with Gasteiger partial charge in [0.25, 0.3) is 0 Å². The van der Waals surface area contributed by atoms with Crippen LogP contribution in [0.3, 0.4) is 0 Å². The predicted octanol–water partition coefficient (Wildman–Crippen LogP) is 5.70. The Bertz CT molecular complexity index is 1150. The first kappa shape index (κ1) is 18.2. The van der Waals surface area contributed by atoms with Crippen molar-refractivity contribution in [1.82, 2.24) is 4.98 Å². The summed E-state index contributed by atoms with van der Waals surface area (Å²) >= 11 is 1.28. The van der Waals surface area contributed by atoms with Crippen LogP contribution in [0, 0.1) is 6.92 Å². The van der Waals surface area contributed by atoms with Gasteiger partial charge in [0.15, 0.2) is 0 Å². The molecule has 0 bridgehead atoms. The number of thiophene rings is 1. The van der Waals surface area contributed by atoms with Gasteiger partial charge in [-0.15, -0.1) is 11.3 Å². The van der Waals surface area contributed by atoms with Crippen molar-refractivity contribution in [2.45, 2.75) is 13.8 Å². The Hall–Kier alpha value is -3.18. The summed E-state index contributed by atoms with van der Waals surface area (Å²) in [7, 11) is 0. The number of fused-ring (bicyclic) bond motifs is 1. The lowest BCUT2D eigenvalue weighted by molar-refractivity contribution is 0.0533. The van der Waals surface area contributed by atoms with Crippen LogP contribution in [0.1, 0.15) is 22.2 Å². The van der Waals surface area contributed by atoms with Crippen LogP contribution in [0.4, 0.5) is 5.69 Å². The Morgan fingerprint density at radius 1 is 1.07 bits per heavy atom. The van der Waals surface area contributed by atoms with Crippen LogP contribution in [0.2, 0.25) is 0 Å². The normalized spacial score (nSPS) is 10.9. The highest BCUT2D eigenvalue weighted by atomic mass is 32.1. The number of benzene rings is 2. The molecule has 2 heterocycles. The van der Waals surface area contributed by atoms with Gasteiger partial charge in [0.2, 0.25) is 0 Å². The number of aromatic nitrogens is 1. The van der Waals surface area contributed by atoms with Gasteiger partial charge in [0.05, 0.1) is 18.0 Å². The highest BCUT2D eigenvalue weighted by molar-refractivity contribution is 7.21. The van der Waals surface area contributed by atoms with E-state index >= 15 is 0 Å². The topological polar surface area (TPSA) is 65.2 Å². The van der Waals surface area contributed by atoms with Gasteiger partial charge in [0.1, 0.15) is 9.71 Å². The number of nitrogens with two attached hydrogens (primary N) is 1. The minimum atomic E-state index is -0.404. The zero-order valence-corrected chi connectivity index (χ0v) is 16.5. The Balaban J connectivity index is 1.99. The second-order valence-corrected chi connectivity index (χ2v) is 7.53. The van der Waals surface area contributed by atoms with Gasteiger partial charge < -0.3 is 10.5 Å². The van der Waals surface area contributed by atoms with Gasteiger partial charge in [-0.1, -0.05) is 60.2 Å². The van der Waals surface area contributed by atoms with E-state index in [0.29, 0.717) is 17.2 Å². The van der Waals surface area contributed by atoms with Gasteiger partial charge in [-0.25, -0.2) is 9.78 Å². The van der Waals surface area contributed by atoms with Crippen molar-refractivity contribution < 1.29 is 9.53 Å². The van der Waals surface area contributed by atoms with Gasteiger partial charge in [-0.3, -0.25) is 0 Å². The summed E-state index contributed by atoms with van der Waals surface area (Å²) in [6.07, 6.45) is 0. The Morgan fingerprint density at radius 3 is 2.46 bits per heavy atom. The van der Waals surface area contributed by atoms with Crippen LogP contribution >= 0.6 is 11.3 Å². The standard InChI is InChI=1S/C23H20N2O2S/c1-3-27-23(26)21-20(24)19-17(15-7-5-4-6-8-15)13-18(25-22(19)28-21)16-11-9-14(2)10-12-16/h4-13H,3,24H2,1-2H3. The smallest absolute Gasteiger partial charge is 0.350 e. The molecule has 0 spiro atoms. The van der Waals surface area contributed by atoms with Gasteiger partial charge in [-0.05, 0) is 31.0 Å². The summed E-state index contributed by atoms with van der Waals surface area (Å²) in [6, 6.07) is 20.3. The lowest BCUT2D eigenvalue weighted by Crippen LogP contribution is -2.04. The quantitative estimate of drug-likeness (QED) is 0.456. The largest absolute Gasteiger partial charge is 0.462 e. The Labute approximate surface area is 167 Å². The van der Waals surface area contributed by atoms with Crippen LogP contribution in [0.5, 0.6) is 0 Å². The summed E-state index contributed by atoms with van der Waals surface area (Å²) < 4.78 is 5.18. The first-order chi connectivity index (χ1) is 13.6. The third-order valence-corrected chi connectivity index (χ3v) is 5.67. The molecule has 5 heteroatoms. The highest BCUT2D eigenvalue weighted by Gasteiger charge is 2.22. The van der Waals surface area contributed by atoms with E-state index in [2.05, 4.69) is 31.2 Å². The molecular weight excluding hydrogens is 368 g/mol. The van der Waals surface area contributed by atoms with Crippen LogP contribution in [0.15, 0.2) is 60.7 Å². The van der Waals surface area contributed by atoms with Crippen molar-refractivity contribution in [3.05, 3.63) is 71.1 Å². The number of aryl methyl sites for hydroxylation is 1. The maximum Gasteiger partial charge on any atom is 0.350 e. The molecule has 0 saturated heterocycles. The number of hydrogen-bond donors (Lipinski definition) is 1. The Morgan fingerprint density at radius 2 is 1.79 bits per heavy atom. The minimum Gasteiger partial charge on any atom is -0.462 e. The number of esters is 1. The monoisotopic (exact) mass is 388 g/mol. The number of rotatable bonds is 4. The van der Waals surface area contributed by atoms with Crippen molar-refractivity contribution >= 4 is 33.2 Å². The second kappa shape index (κ2) is 7.44. The maximum absolute atomic E-state index is 12.4. The SMILES string of the molecule is CCOC(=O)c1sc2nc(-c3ccc(C)cc3)cc(-c3ccccc3)c2c1N. The molecular formula is C23H20N2O2S. The number of pyridine rings is 1. The summed E-state index contributed by atoms with van der Waals surface area (Å²) in [5.74, 6) is -0.404. The molecule has 0 radical (unpaired) electrons. The second-order valence-electron chi connectivity index (χ2n) is 6.53. The summed E-state index contributed by atoms with van der Waals surface area (Å²) in [4.78, 5) is 18.3. The lowest BCUT2D eigenvalue weighted by Gasteiger charge is -2.09. The molecule has 0 aliphatic heterocycles. The van der Waals surface area contributed by atoms with E-state index < -0.39 is 5.97 Å². The molecule has 4 nitrogen and oxygen atoms in total. The highest BCUT2D eigenvalue weighted by Crippen LogP contribution is 2.41. The number of anilines is 1. The van der Waals surface area contributed by atoms with E-state index in [1.54, 1.807) is 6.92 Å². The zero-order chi connectivity index (χ0) is 19.7. The molecule has 0 saturated carbocycles. The predicted molar refractivity (Wildman–Crippen MR) is 116 cm³/mol. The summed E-state index contributed by atoms with van der Waals surface area (Å²) in [5, 5.41) is 0.801. The van der Waals surface area contributed by atoms with Crippen molar-refractivity contribution in [2.75, 3.05) is 12.3 Å². The molecule has 0 atom stereocenters. The minimum absolute atomic E-state index is 0.306. The van der Waals surface area contributed by atoms with Crippen molar-refractivity contribution in [2.24, 2.45) is 0 Å². The number of ether oxygens (including phenoxy) is 1. The number of nitrogen functional groups attached to an aromatic ring is 1. The van der Waals surface area contributed by atoms with E-state index in [9.17, 15) is 4.79 Å². The molecule has 2 N–H and O–H groups in total. The van der Waals surface area contributed by atoms with Crippen LogP contribution < -0.4 is 5.73 Å². The van der Waals surface area contributed by atoms with E-state index in [1.807, 2.05) is 36.4 Å². The van der Waals surface area contributed by atoms with Crippen molar-refractivity contribution in [3.63, 3.8) is 0 Å². The van der Waals surface area contributed by atoms with Crippen molar-refractivity contribution in [1.29, 1.82) is 0 Å². The van der Waals surface area contributed by atoms with E-state index in [0.717, 1.165) is 32.6 Å². The third-order valence-electron chi connectivity index (χ3n) is 4.59. The number of hydrogen-bond acceptors (Lipinski definition) is 5. The summed E-state index contributed by atoms with van der Waals surface area (Å²) in [5.41, 5.74) is 11.9. The first-order valence-corrected chi connectivity index (χ1v) is 9.92. The van der Waals surface area contributed by atoms with Gasteiger partial charge in [-0.2, -0.15) is 0 Å². The zero-order valence-electron chi connectivity index (χ0n) is 15.7.